The number of aryl methyl sites for hydroxylation is 2. The molecule has 0 saturated carbocycles. The van der Waals surface area contributed by atoms with E-state index in [1.54, 1.807) is 0 Å². The van der Waals surface area contributed by atoms with Gasteiger partial charge in [0, 0.05) is 61.8 Å². The Labute approximate surface area is 551 Å². The zero-order valence-electron chi connectivity index (χ0n) is 56.5. The molecule has 0 N–H and O–H groups in total. The molecule has 0 radical (unpaired) electrons. The van der Waals surface area contributed by atoms with Crippen molar-refractivity contribution < 1.29 is 4.42 Å². The largest absolute Gasteiger partial charge is 0.456 e. The van der Waals surface area contributed by atoms with Crippen LogP contribution in [-0.2, 0) is 27.1 Å². The van der Waals surface area contributed by atoms with Gasteiger partial charge < -0.3 is 19.1 Å². The average Bonchev–Trinajstić information content (AvgIpc) is 1.46. The lowest BCUT2D eigenvalue weighted by molar-refractivity contribution is 0.332. The molecule has 11 aromatic carbocycles. The number of nitrogens with zero attached hydrogens (tertiary/aromatic N) is 3. The van der Waals surface area contributed by atoms with Crippen molar-refractivity contribution in [2.45, 2.75) is 143 Å². The predicted octanol–water partition coefficient (Wildman–Crippen LogP) is 22.8. The third-order valence-corrected chi connectivity index (χ3v) is 22.1. The monoisotopic (exact) mass is 1210 g/mol. The molecule has 5 heteroatoms. The second-order valence-corrected chi connectivity index (χ2v) is 31.2. The summed E-state index contributed by atoms with van der Waals surface area (Å²) >= 11 is 0. The Kier molecular flexibility index (Phi) is 13.3. The summed E-state index contributed by atoms with van der Waals surface area (Å²) < 4.78 is 7.35. The lowest BCUT2D eigenvalue weighted by Crippen LogP contribution is -2.61. The molecule has 460 valence electrons. The summed E-state index contributed by atoms with van der Waals surface area (Å²) in [6.45, 7) is 31.1. The summed E-state index contributed by atoms with van der Waals surface area (Å²) in [5, 5.41) is 2.33. The van der Waals surface area contributed by atoms with Crippen LogP contribution < -0.4 is 31.1 Å². The van der Waals surface area contributed by atoms with E-state index in [4.69, 9.17) is 4.42 Å². The quantitative estimate of drug-likeness (QED) is 0.141. The van der Waals surface area contributed by atoms with Crippen LogP contribution in [0.4, 0.5) is 51.2 Å². The molecule has 0 unspecified atom stereocenters. The number of benzene rings is 11. The van der Waals surface area contributed by atoms with E-state index in [-0.39, 0.29) is 33.8 Å². The van der Waals surface area contributed by atoms with Crippen LogP contribution in [-0.4, -0.2) is 6.71 Å². The molecule has 0 atom stereocenters. The summed E-state index contributed by atoms with van der Waals surface area (Å²) in [7, 11) is 0. The van der Waals surface area contributed by atoms with Gasteiger partial charge >= 0.3 is 0 Å². The normalized spacial score (nSPS) is 16.3. The molecule has 12 aromatic rings. The topological polar surface area (TPSA) is 22.9 Å². The second-order valence-electron chi connectivity index (χ2n) is 31.2. The Bertz CT molecular complexity index is 4890. The highest BCUT2D eigenvalue weighted by Crippen LogP contribution is 2.55. The van der Waals surface area contributed by atoms with Gasteiger partial charge in [0.05, 0.1) is 5.69 Å². The first-order chi connectivity index (χ1) is 44.5. The highest BCUT2D eigenvalue weighted by Gasteiger charge is 2.47. The molecule has 2 aliphatic heterocycles. The highest BCUT2D eigenvalue weighted by atomic mass is 16.3. The smallest absolute Gasteiger partial charge is 0.252 e. The molecular weight excluding hydrogens is 1130 g/mol. The maximum Gasteiger partial charge on any atom is 0.252 e. The molecule has 4 aliphatic rings. The van der Waals surface area contributed by atoms with Crippen molar-refractivity contribution in [2.75, 3.05) is 14.7 Å². The van der Waals surface area contributed by atoms with Gasteiger partial charge in [-0.2, -0.15) is 0 Å². The van der Waals surface area contributed by atoms with Crippen molar-refractivity contribution in [3.8, 4) is 33.4 Å². The molecule has 1 aromatic heterocycles. The van der Waals surface area contributed by atoms with Gasteiger partial charge in [-0.25, -0.2) is 0 Å². The first kappa shape index (κ1) is 58.7. The Morgan fingerprint density at radius 3 is 1.38 bits per heavy atom. The van der Waals surface area contributed by atoms with Crippen LogP contribution >= 0.6 is 0 Å². The van der Waals surface area contributed by atoms with Crippen LogP contribution in [0.1, 0.15) is 141 Å². The van der Waals surface area contributed by atoms with E-state index in [1.165, 1.54) is 123 Å². The number of anilines is 9. The third kappa shape index (κ3) is 9.61. The van der Waals surface area contributed by atoms with Crippen molar-refractivity contribution in [3.05, 3.63) is 263 Å². The fourth-order valence-electron chi connectivity index (χ4n) is 16.4. The summed E-state index contributed by atoms with van der Waals surface area (Å²) in [6.07, 6.45) is 4.55. The number of hydrogen-bond donors (Lipinski definition) is 0. The molecule has 3 heterocycles. The molecule has 2 aliphatic carbocycles. The van der Waals surface area contributed by atoms with E-state index in [1.807, 2.05) is 0 Å². The van der Waals surface area contributed by atoms with Gasteiger partial charge in [0.1, 0.15) is 11.2 Å². The van der Waals surface area contributed by atoms with E-state index in [0.29, 0.717) is 0 Å². The molecule has 0 amide bonds. The number of fused-ring (bicyclic) bond motifs is 9. The standard InChI is InChI=1S/C88H84BN3O/c1-55-45-79-83-80(46-55)92(76-52-71-69(47-56(76)2)85(6,7)41-43-87(71,10)11)77-49-65(90(63-34-29-59(30-35-63)57-23-17-14-18-24-57)64-36-31-60(32-37-64)58-25-19-15-20-26-58)38-39-73(77)89(83)74-54-82-68(67-50-70-72(53-81(67)93-82)88(12,13)44-42-86(70,8)9)51-78(74)91(79)75-40-33-62(84(3,4)5)48-66(75)61-27-21-16-22-28-61/h14-40,45-54H,41-44H2,1-13H3. The van der Waals surface area contributed by atoms with E-state index >= 15 is 0 Å². The predicted molar refractivity (Wildman–Crippen MR) is 397 cm³/mol. The molecule has 0 bridgehead atoms. The summed E-state index contributed by atoms with van der Waals surface area (Å²) in [5.74, 6) is 0. The fraction of sp³-hybridized carbons (Fsp3) is 0.250. The van der Waals surface area contributed by atoms with Crippen LogP contribution in [0.25, 0.3) is 55.3 Å². The Morgan fingerprint density at radius 1 is 0.376 bits per heavy atom. The van der Waals surface area contributed by atoms with Crippen LogP contribution in [0.5, 0.6) is 0 Å². The van der Waals surface area contributed by atoms with Gasteiger partial charge in [-0.05, 0) is 241 Å². The van der Waals surface area contributed by atoms with Crippen LogP contribution in [0.3, 0.4) is 0 Å². The molecule has 0 saturated heterocycles. The second kappa shape index (κ2) is 21.1. The van der Waals surface area contributed by atoms with Gasteiger partial charge in [-0.15, -0.1) is 0 Å². The fourth-order valence-corrected chi connectivity index (χ4v) is 16.4. The third-order valence-electron chi connectivity index (χ3n) is 22.1. The van der Waals surface area contributed by atoms with Gasteiger partial charge in [0.15, 0.2) is 0 Å². The zero-order chi connectivity index (χ0) is 64.3. The van der Waals surface area contributed by atoms with E-state index < -0.39 is 0 Å². The molecule has 93 heavy (non-hydrogen) atoms. The number of rotatable bonds is 8. The van der Waals surface area contributed by atoms with E-state index in [2.05, 4.69) is 329 Å². The van der Waals surface area contributed by atoms with Crippen molar-refractivity contribution in [3.63, 3.8) is 0 Å². The Balaban J connectivity index is 0.994. The first-order valence-electron chi connectivity index (χ1n) is 33.9. The van der Waals surface area contributed by atoms with Crippen molar-refractivity contribution >= 4 is 96.2 Å². The molecule has 4 nitrogen and oxygen atoms in total. The molecule has 16 rings (SSSR count). The first-order valence-corrected chi connectivity index (χ1v) is 33.9. The van der Waals surface area contributed by atoms with Crippen LogP contribution in [0.15, 0.2) is 229 Å². The summed E-state index contributed by atoms with van der Waals surface area (Å²) in [6, 6.07) is 85.6. The zero-order valence-corrected chi connectivity index (χ0v) is 56.5. The van der Waals surface area contributed by atoms with Gasteiger partial charge in [0.25, 0.3) is 6.71 Å². The minimum Gasteiger partial charge on any atom is -0.456 e. The Hall–Kier alpha value is -9.32. The SMILES string of the molecule is Cc1cc2c3c(c1)N(c1ccc(C(C)(C)C)cc1-c1ccccc1)c1cc4c(cc1B3c1ccc(N(c3ccc(-c5ccccc5)cc3)c3ccc(-c5ccccc5)cc3)cc1N2c1cc2c(cc1C)C(C)(C)CCC2(C)C)oc1cc2c(cc14)C(C)(C)CCC2(C)C. The lowest BCUT2D eigenvalue weighted by atomic mass is 9.33. The van der Waals surface area contributed by atoms with Crippen molar-refractivity contribution in [1.29, 1.82) is 0 Å². The molecular formula is C88H84BN3O. The molecule has 0 spiro atoms. The minimum atomic E-state index is -0.170. The minimum absolute atomic E-state index is 0.0253. The van der Waals surface area contributed by atoms with Gasteiger partial charge in [-0.3, -0.25) is 0 Å². The van der Waals surface area contributed by atoms with E-state index in [0.717, 1.165) is 65.0 Å². The lowest BCUT2D eigenvalue weighted by Gasteiger charge is -2.46. The van der Waals surface area contributed by atoms with Crippen LogP contribution in [0, 0.1) is 13.8 Å². The Morgan fingerprint density at radius 2 is 0.828 bits per heavy atom. The average molecular weight is 1210 g/mol. The maximum absolute atomic E-state index is 7.35. The summed E-state index contributed by atoms with van der Waals surface area (Å²) in [4.78, 5) is 7.80. The maximum atomic E-state index is 7.35. The number of hydrogen-bond acceptors (Lipinski definition) is 4. The van der Waals surface area contributed by atoms with Gasteiger partial charge in [0.2, 0.25) is 0 Å². The highest BCUT2D eigenvalue weighted by molar-refractivity contribution is 7.00. The van der Waals surface area contributed by atoms with Crippen LogP contribution in [0.2, 0.25) is 0 Å². The van der Waals surface area contributed by atoms with E-state index in [9.17, 15) is 0 Å². The van der Waals surface area contributed by atoms with Gasteiger partial charge in [-0.1, -0.05) is 210 Å². The number of furan rings is 1. The summed E-state index contributed by atoms with van der Waals surface area (Å²) in [5.41, 5.74) is 32.7. The van der Waals surface area contributed by atoms with Crippen molar-refractivity contribution in [1.82, 2.24) is 0 Å². The van der Waals surface area contributed by atoms with Crippen molar-refractivity contribution in [2.24, 2.45) is 0 Å². The molecule has 0 fully saturated rings.